The molecule has 1 aromatic rings. The van der Waals surface area contributed by atoms with Crippen LogP contribution in [0.25, 0.3) is 0 Å². The summed E-state index contributed by atoms with van der Waals surface area (Å²) < 4.78 is 24.2. The molecule has 0 bridgehead atoms. The molecule has 1 N–H and O–H groups in total. The second kappa shape index (κ2) is 9.03. The Morgan fingerprint density at radius 2 is 1.81 bits per heavy atom. The largest absolute Gasteiger partial charge is 0.417 e. The Kier molecular flexibility index (Phi) is 8.28. The summed E-state index contributed by atoms with van der Waals surface area (Å²) in [7, 11) is -1.40. The minimum atomic E-state index is -1.86. The summed E-state index contributed by atoms with van der Waals surface area (Å²) in [5.41, 5.74) is 0.724. The summed E-state index contributed by atoms with van der Waals surface area (Å²) in [6.45, 7) is 17.4. The fourth-order valence-corrected chi connectivity index (χ4v) is 4.73. The zero-order valence-corrected chi connectivity index (χ0v) is 21.5. The molecule has 0 amide bonds. The van der Waals surface area contributed by atoms with Crippen molar-refractivity contribution in [3.05, 3.63) is 32.7 Å². The predicted octanol–water partition coefficient (Wildman–Crippen LogP) is 4.65. The van der Waals surface area contributed by atoms with Crippen LogP contribution in [-0.4, -0.2) is 28.4 Å². The number of halogens is 1. The van der Waals surface area contributed by atoms with Gasteiger partial charge in [-0.05, 0) is 66.8 Å². The fourth-order valence-electron chi connectivity index (χ4n) is 2.11. The van der Waals surface area contributed by atoms with E-state index in [0.717, 1.165) is 10.0 Å². The van der Waals surface area contributed by atoms with Crippen LogP contribution in [0.2, 0.25) is 18.1 Å². The molecular formula is C19H35BrN2O3SSi. The SMILES string of the molecule is Cn1cc(Br)c([C@H](CCO[Si](C)(C)C(C)(C)C)N[S@@](=O)C(C)(C)C)cc1=O. The molecule has 0 spiro atoms. The topological polar surface area (TPSA) is 60.3 Å². The molecule has 1 aromatic heterocycles. The van der Waals surface area contributed by atoms with Gasteiger partial charge in [0.05, 0.1) is 15.7 Å². The molecule has 0 saturated heterocycles. The third kappa shape index (κ3) is 6.92. The molecular weight excluding hydrogens is 444 g/mol. The molecule has 0 aliphatic carbocycles. The highest BCUT2D eigenvalue weighted by atomic mass is 79.9. The number of hydrogen-bond acceptors (Lipinski definition) is 3. The molecule has 0 aliphatic heterocycles. The Labute approximate surface area is 176 Å². The van der Waals surface area contributed by atoms with Crippen molar-refractivity contribution in [2.75, 3.05) is 6.61 Å². The van der Waals surface area contributed by atoms with Crippen LogP contribution in [0.4, 0.5) is 0 Å². The quantitative estimate of drug-likeness (QED) is 0.579. The summed E-state index contributed by atoms with van der Waals surface area (Å²) in [5.74, 6) is 0. The van der Waals surface area contributed by atoms with E-state index in [9.17, 15) is 9.00 Å². The second-order valence-corrected chi connectivity index (χ2v) is 17.1. The highest BCUT2D eigenvalue weighted by molar-refractivity contribution is 9.10. The van der Waals surface area contributed by atoms with E-state index in [2.05, 4.69) is 54.5 Å². The van der Waals surface area contributed by atoms with Crippen molar-refractivity contribution in [3.8, 4) is 0 Å². The number of nitrogens with one attached hydrogen (secondary N) is 1. The zero-order chi connectivity index (χ0) is 21.2. The van der Waals surface area contributed by atoms with Gasteiger partial charge >= 0.3 is 0 Å². The van der Waals surface area contributed by atoms with Crippen LogP contribution in [0.5, 0.6) is 0 Å². The number of aromatic nitrogens is 1. The van der Waals surface area contributed by atoms with Crippen molar-refractivity contribution in [2.24, 2.45) is 7.05 Å². The maximum atomic E-state index is 12.7. The van der Waals surface area contributed by atoms with E-state index in [-0.39, 0.29) is 16.6 Å². The first-order chi connectivity index (χ1) is 12.1. The summed E-state index contributed by atoms with van der Waals surface area (Å²) in [6, 6.07) is 1.37. The first-order valence-corrected chi connectivity index (χ1v) is 14.1. The van der Waals surface area contributed by atoms with Crippen LogP contribution in [-0.2, 0) is 22.5 Å². The van der Waals surface area contributed by atoms with Gasteiger partial charge in [-0.3, -0.25) is 4.79 Å². The van der Waals surface area contributed by atoms with Gasteiger partial charge in [0.1, 0.15) is 0 Å². The van der Waals surface area contributed by atoms with Crippen LogP contribution in [0.1, 0.15) is 59.6 Å². The van der Waals surface area contributed by atoms with E-state index >= 15 is 0 Å². The molecule has 0 saturated carbocycles. The van der Waals surface area contributed by atoms with Gasteiger partial charge < -0.3 is 8.99 Å². The lowest BCUT2D eigenvalue weighted by molar-refractivity contribution is 0.269. The van der Waals surface area contributed by atoms with E-state index in [4.69, 9.17) is 4.43 Å². The van der Waals surface area contributed by atoms with E-state index in [0.29, 0.717) is 13.0 Å². The number of hydrogen-bond donors (Lipinski definition) is 1. The van der Waals surface area contributed by atoms with Crippen molar-refractivity contribution >= 4 is 35.2 Å². The first-order valence-electron chi connectivity index (χ1n) is 9.24. The number of rotatable bonds is 7. The lowest BCUT2D eigenvalue weighted by atomic mass is 10.1. The molecule has 0 radical (unpaired) electrons. The number of pyridine rings is 1. The average molecular weight is 480 g/mol. The van der Waals surface area contributed by atoms with Crippen molar-refractivity contribution < 1.29 is 8.63 Å². The Hall–Kier alpha value is -0.283. The number of aryl methyl sites for hydroxylation is 1. The average Bonchev–Trinajstić information content (AvgIpc) is 2.47. The van der Waals surface area contributed by atoms with Crippen LogP contribution in [0.15, 0.2) is 21.5 Å². The van der Waals surface area contributed by atoms with E-state index in [1.54, 1.807) is 19.3 Å². The van der Waals surface area contributed by atoms with Crippen LogP contribution < -0.4 is 10.3 Å². The number of nitrogens with zero attached hydrogens (tertiary/aromatic N) is 1. The fraction of sp³-hybridized carbons (Fsp3) is 0.737. The normalized spacial score (nSPS) is 15.6. The molecule has 2 atom stereocenters. The molecule has 1 heterocycles. The minimum absolute atomic E-state index is 0.0909. The van der Waals surface area contributed by atoms with Gasteiger partial charge in [-0.25, -0.2) is 8.93 Å². The van der Waals surface area contributed by atoms with Gasteiger partial charge in [-0.15, -0.1) is 0 Å². The summed E-state index contributed by atoms with van der Waals surface area (Å²) in [4.78, 5) is 12.2. The lowest BCUT2D eigenvalue weighted by Gasteiger charge is -2.36. The van der Waals surface area contributed by atoms with Crippen LogP contribution in [0, 0.1) is 0 Å². The minimum Gasteiger partial charge on any atom is -0.417 e. The Morgan fingerprint density at radius 1 is 1.26 bits per heavy atom. The molecule has 5 nitrogen and oxygen atoms in total. The smallest absolute Gasteiger partial charge is 0.250 e. The molecule has 156 valence electrons. The van der Waals surface area contributed by atoms with Gasteiger partial charge in [-0.1, -0.05) is 20.8 Å². The third-order valence-electron chi connectivity index (χ3n) is 5.07. The molecule has 0 aromatic carbocycles. The standard InChI is InChI=1S/C19H35BrN2O3SSi/c1-18(2,3)26(24)21-16(10-11-25-27(8,9)19(4,5)6)14-12-17(23)22(7)13-15(14)20/h12-13,16,21H,10-11H2,1-9H3/t16-,26-/m0/s1. The van der Waals surface area contributed by atoms with Gasteiger partial charge in [-0.2, -0.15) is 0 Å². The lowest BCUT2D eigenvalue weighted by Crippen LogP contribution is -2.42. The highest BCUT2D eigenvalue weighted by Crippen LogP contribution is 2.37. The Bertz CT molecular complexity index is 736. The summed E-state index contributed by atoms with van der Waals surface area (Å²) >= 11 is 3.55. The van der Waals surface area contributed by atoms with Gasteiger partial charge in [0.2, 0.25) is 0 Å². The molecule has 0 fully saturated rings. The van der Waals surface area contributed by atoms with Crippen LogP contribution >= 0.6 is 15.9 Å². The van der Waals surface area contributed by atoms with Crippen molar-refractivity contribution in [1.82, 2.24) is 9.29 Å². The van der Waals surface area contributed by atoms with E-state index < -0.39 is 24.1 Å². The third-order valence-corrected chi connectivity index (χ3v) is 11.9. The second-order valence-electron chi connectivity index (χ2n) is 9.47. The Balaban J connectivity index is 3.08. The van der Waals surface area contributed by atoms with Crippen LogP contribution in [0.3, 0.4) is 0 Å². The first kappa shape index (κ1) is 24.8. The molecule has 0 unspecified atom stereocenters. The summed E-state index contributed by atoms with van der Waals surface area (Å²) in [5, 5.41) is 0.132. The van der Waals surface area contributed by atoms with Crippen molar-refractivity contribution in [1.29, 1.82) is 0 Å². The maximum absolute atomic E-state index is 12.7. The highest BCUT2D eigenvalue weighted by Gasteiger charge is 2.37. The molecule has 27 heavy (non-hydrogen) atoms. The zero-order valence-electron chi connectivity index (χ0n) is 18.1. The monoisotopic (exact) mass is 478 g/mol. The molecule has 1 rings (SSSR count). The van der Waals surface area contributed by atoms with E-state index in [1.165, 1.54) is 4.57 Å². The van der Waals surface area contributed by atoms with Gasteiger partial charge in [0.25, 0.3) is 5.56 Å². The Morgan fingerprint density at radius 3 is 2.30 bits per heavy atom. The molecule has 8 heteroatoms. The van der Waals surface area contributed by atoms with E-state index in [1.807, 2.05) is 20.8 Å². The van der Waals surface area contributed by atoms with Gasteiger partial charge in [0, 0.05) is 36.4 Å². The maximum Gasteiger partial charge on any atom is 0.250 e. The van der Waals surface area contributed by atoms with Gasteiger partial charge in [0.15, 0.2) is 8.32 Å². The van der Waals surface area contributed by atoms with Crippen molar-refractivity contribution in [2.45, 2.75) is 76.9 Å². The predicted molar refractivity (Wildman–Crippen MR) is 121 cm³/mol. The van der Waals surface area contributed by atoms with Crippen molar-refractivity contribution in [3.63, 3.8) is 0 Å². The molecule has 0 aliphatic rings. The summed E-state index contributed by atoms with van der Waals surface area (Å²) in [6.07, 6.45) is 2.39.